The van der Waals surface area contributed by atoms with E-state index in [0.29, 0.717) is 17.7 Å². The molecule has 0 saturated carbocycles. The predicted molar refractivity (Wildman–Crippen MR) is 141 cm³/mol. The van der Waals surface area contributed by atoms with Gasteiger partial charge in [-0.15, -0.1) is 0 Å². The zero-order valence-electron chi connectivity index (χ0n) is 21.8. The van der Waals surface area contributed by atoms with E-state index in [1.54, 1.807) is 13.1 Å². The monoisotopic (exact) mass is 563 g/mol. The van der Waals surface area contributed by atoms with Crippen LogP contribution in [0.15, 0.2) is 58.0 Å². The minimum Gasteiger partial charge on any atom is -0.464 e. The summed E-state index contributed by atoms with van der Waals surface area (Å²) in [5.74, 6) is -1.68. The van der Waals surface area contributed by atoms with Crippen LogP contribution in [0.2, 0.25) is 0 Å². The van der Waals surface area contributed by atoms with E-state index < -0.39 is 22.1 Å². The standard InChI is InChI=1S/C28H32F3N3O4S/c1-32(17-20-9-13-33(14-10-20)15-11-22-19-38-25-7-3-2-6-23(22)25)39(36,37)26-8-4-5-21-18-34(16-12-24(21)26)27(35)28(29,30)31/h2-8,19-20H,9-18H2,1H3. The van der Waals surface area contributed by atoms with Crippen LogP contribution in [0.3, 0.4) is 0 Å². The van der Waals surface area contributed by atoms with Gasteiger partial charge in [-0.3, -0.25) is 4.79 Å². The number of amides is 1. The Balaban J connectivity index is 1.17. The smallest absolute Gasteiger partial charge is 0.464 e. The molecule has 39 heavy (non-hydrogen) atoms. The number of halogens is 3. The number of para-hydroxylation sites is 1. The molecule has 2 aromatic carbocycles. The van der Waals surface area contributed by atoms with E-state index in [0.717, 1.165) is 54.8 Å². The highest BCUT2D eigenvalue weighted by Crippen LogP contribution is 2.31. The Kier molecular flexibility index (Phi) is 7.76. The minimum absolute atomic E-state index is 0.0603. The van der Waals surface area contributed by atoms with Gasteiger partial charge in [0.15, 0.2) is 0 Å². The van der Waals surface area contributed by atoms with Gasteiger partial charge in [0.25, 0.3) is 0 Å². The molecule has 0 unspecified atom stereocenters. The Morgan fingerprint density at radius 2 is 1.82 bits per heavy atom. The molecule has 0 bridgehead atoms. The van der Waals surface area contributed by atoms with Gasteiger partial charge in [-0.05, 0) is 73.5 Å². The molecule has 2 aliphatic heterocycles. The first-order valence-corrected chi connectivity index (χ1v) is 14.6. The zero-order chi connectivity index (χ0) is 27.8. The Bertz CT molecular complexity index is 1450. The molecule has 11 heteroatoms. The van der Waals surface area contributed by atoms with Crippen molar-refractivity contribution in [1.29, 1.82) is 0 Å². The van der Waals surface area contributed by atoms with E-state index in [1.165, 1.54) is 22.0 Å². The lowest BCUT2D eigenvalue weighted by molar-refractivity contribution is -0.186. The molecule has 7 nitrogen and oxygen atoms in total. The lowest BCUT2D eigenvalue weighted by Gasteiger charge is -2.34. The van der Waals surface area contributed by atoms with Crippen LogP contribution in [0.1, 0.15) is 29.5 Å². The van der Waals surface area contributed by atoms with E-state index in [2.05, 4.69) is 11.0 Å². The lowest BCUT2D eigenvalue weighted by atomic mass is 9.96. The van der Waals surface area contributed by atoms with E-state index in [-0.39, 0.29) is 30.3 Å². The van der Waals surface area contributed by atoms with Crippen molar-refractivity contribution in [3.63, 3.8) is 0 Å². The largest absolute Gasteiger partial charge is 0.471 e. The van der Waals surface area contributed by atoms with Gasteiger partial charge in [-0.2, -0.15) is 13.2 Å². The third-order valence-electron chi connectivity index (χ3n) is 7.92. The van der Waals surface area contributed by atoms with Gasteiger partial charge in [-0.25, -0.2) is 12.7 Å². The van der Waals surface area contributed by atoms with Crippen LogP contribution in [-0.2, 0) is 34.2 Å². The predicted octanol–water partition coefficient (Wildman–Crippen LogP) is 4.46. The minimum atomic E-state index is -4.95. The van der Waals surface area contributed by atoms with Crippen LogP contribution in [0.5, 0.6) is 0 Å². The summed E-state index contributed by atoms with van der Waals surface area (Å²) in [6.07, 6.45) is -0.414. The molecule has 1 amide bonds. The average molecular weight is 564 g/mol. The third-order valence-corrected chi connectivity index (χ3v) is 9.83. The number of hydrogen-bond donors (Lipinski definition) is 0. The molecule has 0 radical (unpaired) electrons. The molecular formula is C28H32F3N3O4S. The van der Waals surface area contributed by atoms with Gasteiger partial charge in [0.1, 0.15) is 5.58 Å². The second kappa shape index (κ2) is 10.9. The number of hydrogen-bond acceptors (Lipinski definition) is 5. The number of furan rings is 1. The van der Waals surface area contributed by atoms with Gasteiger partial charge in [0.05, 0.1) is 11.2 Å². The fourth-order valence-electron chi connectivity index (χ4n) is 5.70. The van der Waals surface area contributed by atoms with E-state index in [4.69, 9.17) is 4.42 Å². The Morgan fingerprint density at radius 1 is 1.08 bits per heavy atom. The molecular weight excluding hydrogens is 531 g/mol. The number of alkyl halides is 3. The van der Waals surface area contributed by atoms with Crippen molar-refractivity contribution in [1.82, 2.24) is 14.1 Å². The van der Waals surface area contributed by atoms with Gasteiger partial charge >= 0.3 is 12.1 Å². The number of nitrogens with zero attached hydrogens (tertiary/aromatic N) is 3. The molecule has 210 valence electrons. The van der Waals surface area contributed by atoms with Crippen molar-refractivity contribution in [2.75, 3.05) is 39.8 Å². The fraction of sp³-hybridized carbons (Fsp3) is 0.464. The second-order valence-corrected chi connectivity index (χ2v) is 12.5. The number of sulfonamides is 1. The number of benzene rings is 2. The second-order valence-electron chi connectivity index (χ2n) is 10.4. The quantitative estimate of drug-likeness (QED) is 0.425. The number of likely N-dealkylation sites (tertiary alicyclic amines) is 1. The average Bonchev–Trinajstić information content (AvgIpc) is 3.34. The highest BCUT2D eigenvalue weighted by Gasteiger charge is 2.43. The topological polar surface area (TPSA) is 74.1 Å². The summed E-state index contributed by atoms with van der Waals surface area (Å²) in [4.78, 5) is 14.9. The number of fused-ring (bicyclic) bond motifs is 2. The first kappa shape index (κ1) is 27.7. The summed E-state index contributed by atoms with van der Waals surface area (Å²) in [7, 11) is -2.27. The summed E-state index contributed by atoms with van der Waals surface area (Å²) in [5.41, 5.74) is 3.02. The van der Waals surface area contributed by atoms with E-state index in [9.17, 15) is 26.4 Å². The van der Waals surface area contributed by atoms with Crippen LogP contribution in [-0.4, -0.2) is 74.4 Å². The molecule has 0 aliphatic carbocycles. The van der Waals surface area contributed by atoms with Gasteiger partial charge in [-0.1, -0.05) is 30.3 Å². The number of carbonyl (C=O) groups excluding carboxylic acids is 1. The Hall–Kier alpha value is -2.89. The van der Waals surface area contributed by atoms with Crippen LogP contribution >= 0.6 is 0 Å². The Labute approximate surface area is 226 Å². The zero-order valence-corrected chi connectivity index (χ0v) is 22.6. The molecule has 3 heterocycles. The summed E-state index contributed by atoms with van der Waals surface area (Å²) in [6, 6.07) is 12.6. The van der Waals surface area contributed by atoms with Gasteiger partial charge in [0.2, 0.25) is 10.0 Å². The number of piperidine rings is 1. The normalized spacial score (nSPS) is 17.6. The molecule has 0 atom stereocenters. The van der Waals surface area contributed by atoms with Crippen molar-refractivity contribution >= 4 is 26.9 Å². The molecule has 0 N–H and O–H groups in total. The van der Waals surface area contributed by atoms with Crippen molar-refractivity contribution in [2.45, 2.75) is 43.3 Å². The molecule has 3 aromatic rings. The van der Waals surface area contributed by atoms with Crippen molar-refractivity contribution < 1.29 is 30.8 Å². The molecule has 0 spiro atoms. The molecule has 1 aromatic heterocycles. The first-order valence-electron chi connectivity index (χ1n) is 13.1. The van der Waals surface area contributed by atoms with Crippen LogP contribution in [0.25, 0.3) is 11.0 Å². The SMILES string of the molecule is CN(CC1CCN(CCc2coc3ccccc23)CC1)S(=O)(=O)c1cccc2c1CCN(C(=O)C(F)(F)F)C2. The summed E-state index contributed by atoms with van der Waals surface area (Å²) >= 11 is 0. The molecule has 2 aliphatic rings. The maximum atomic E-state index is 13.5. The van der Waals surface area contributed by atoms with Crippen LogP contribution in [0, 0.1) is 5.92 Å². The van der Waals surface area contributed by atoms with E-state index in [1.807, 2.05) is 24.5 Å². The van der Waals surface area contributed by atoms with Crippen molar-refractivity contribution in [3.8, 4) is 0 Å². The van der Waals surface area contributed by atoms with Gasteiger partial charge in [0, 0.05) is 38.6 Å². The number of carbonyl (C=O) groups is 1. The summed E-state index contributed by atoms with van der Waals surface area (Å²) in [6.45, 7) is 2.64. The van der Waals surface area contributed by atoms with Crippen molar-refractivity contribution in [2.24, 2.45) is 5.92 Å². The van der Waals surface area contributed by atoms with Crippen LogP contribution in [0.4, 0.5) is 13.2 Å². The Morgan fingerprint density at radius 3 is 2.56 bits per heavy atom. The molecule has 1 saturated heterocycles. The third kappa shape index (κ3) is 5.85. The highest BCUT2D eigenvalue weighted by atomic mass is 32.2. The fourth-order valence-corrected chi connectivity index (χ4v) is 7.23. The lowest BCUT2D eigenvalue weighted by Crippen LogP contribution is -2.44. The van der Waals surface area contributed by atoms with Gasteiger partial charge < -0.3 is 14.2 Å². The van der Waals surface area contributed by atoms with Crippen LogP contribution < -0.4 is 0 Å². The maximum absolute atomic E-state index is 13.5. The molecule has 1 fully saturated rings. The summed E-state index contributed by atoms with van der Waals surface area (Å²) < 4.78 is 72.7. The number of rotatable bonds is 7. The highest BCUT2D eigenvalue weighted by molar-refractivity contribution is 7.89. The van der Waals surface area contributed by atoms with Crippen molar-refractivity contribution in [3.05, 3.63) is 65.4 Å². The maximum Gasteiger partial charge on any atom is 0.471 e. The summed E-state index contributed by atoms with van der Waals surface area (Å²) in [5, 5.41) is 1.14. The van der Waals surface area contributed by atoms with E-state index >= 15 is 0 Å². The first-order chi connectivity index (χ1) is 18.5. The molecule has 5 rings (SSSR count).